The third-order valence-electron chi connectivity index (χ3n) is 6.07. The second-order valence-electron chi connectivity index (χ2n) is 8.30. The molecule has 6 nitrogen and oxygen atoms in total. The van der Waals surface area contributed by atoms with E-state index in [4.69, 9.17) is 19.6 Å². The molecule has 0 N–H and O–H groups in total. The molecule has 0 saturated carbocycles. The summed E-state index contributed by atoms with van der Waals surface area (Å²) < 4.78 is 15.3. The summed E-state index contributed by atoms with van der Waals surface area (Å²) in [6, 6.07) is 6.44. The second kappa shape index (κ2) is 8.35. The van der Waals surface area contributed by atoms with Crippen LogP contribution in [0.15, 0.2) is 18.2 Å². The van der Waals surface area contributed by atoms with E-state index >= 15 is 0 Å². The van der Waals surface area contributed by atoms with Crippen LogP contribution in [0, 0.1) is 27.7 Å². The van der Waals surface area contributed by atoms with E-state index in [9.17, 15) is 0 Å². The number of hydrogen-bond acceptors (Lipinski definition) is 4. The summed E-state index contributed by atoms with van der Waals surface area (Å²) in [4.78, 5) is 5.05. The SMILES string of the molecule is CCCc1cc2c(C)nc3c(-c4c(C)cc(OC)cc4C)c(C)nn3c2n1CCOC. The van der Waals surface area contributed by atoms with Gasteiger partial charge >= 0.3 is 0 Å². The van der Waals surface area contributed by atoms with Crippen molar-refractivity contribution in [3.8, 4) is 16.9 Å². The van der Waals surface area contributed by atoms with Gasteiger partial charge in [0.25, 0.3) is 0 Å². The van der Waals surface area contributed by atoms with Crippen molar-refractivity contribution in [1.82, 2.24) is 19.2 Å². The van der Waals surface area contributed by atoms with Gasteiger partial charge < -0.3 is 14.0 Å². The average molecular weight is 421 g/mol. The monoisotopic (exact) mass is 420 g/mol. The molecule has 0 aliphatic carbocycles. The summed E-state index contributed by atoms with van der Waals surface area (Å²) in [5, 5.41) is 6.14. The Labute approximate surface area is 183 Å². The number of nitrogens with zero attached hydrogens (tertiary/aromatic N) is 4. The molecule has 0 fully saturated rings. The molecule has 0 atom stereocenters. The Balaban J connectivity index is 2.06. The maximum Gasteiger partial charge on any atom is 0.165 e. The zero-order chi connectivity index (χ0) is 22.3. The zero-order valence-corrected chi connectivity index (χ0v) is 19.7. The number of aromatic nitrogens is 4. The minimum Gasteiger partial charge on any atom is -0.497 e. The van der Waals surface area contributed by atoms with Gasteiger partial charge in [0, 0.05) is 24.7 Å². The van der Waals surface area contributed by atoms with Crippen molar-refractivity contribution in [2.75, 3.05) is 20.8 Å². The largest absolute Gasteiger partial charge is 0.497 e. The zero-order valence-electron chi connectivity index (χ0n) is 19.7. The summed E-state index contributed by atoms with van der Waals surface area (Å²) >= 11 is 0. The van der Waals surface area contributed by atoms with Gasteiger partial charge in [-0.1, -0.05) is 13.3 Å². The van der Waals surface area contributed by atoms with E-state index in [0.717, 1.165) is 69.9 Å². The second-order valence-corrected chi connectivity index (χ2v) is 8.30. The number of benzene rings is 1. The molecule has 0 radical (unpaired) electrons. The number of aryl methyl sites for hydroxylation is 5. The molecule has 0 aliphatic heterocycles. The predicted molar refractivity (Wildman–Crippen MR) is 125 cm³/mol. The minimum absolute atomic E-state index is 0.660. The third kappa shape index (κ3) is 3.49. The first kappa shape index (κ1) is 21.4. The molecule has 1 aromatic carbocycles. The Morgan fingerprint density at radius 3 is 2.26 bits per heavy atom. The van der Waals surface area contributed by atoms with Gasteiger partial charge in [0.15, 0.2) is 5.65 Å². The average Bonchev–Trinajstić information content (AvgIpc) is 3.24. The van der Waals surface area contributed by atoms with Crippen LogP contribution < -0.4 is 4.74 Å². The Hall–Kier alpha value is -2.86. The molecule has 4 aromatic rings. The number of hydrogen-bond donors (Lipinski definition) is 0. The van der Waals surface area contributed by atoms with E-state index < -0.39 is 0 Å². The van der Waals surface area contributed by atoms with E-state index in [1.807, 2.05) is 4.52 Å². The summed E-state index contributed by atoms with van der Waals surface area (Å²) in [6.45, 7) is 12.1. The van der Waals surface area contributed by atoms with Crippen molar-refractivity contribution in [1.29, 1.82) is 0 Å². The van der Waals surface area contributed by atoms with Crippen LogP contribution >= 0.6 is 0 Å². The van der Waals surface area contributed by atoms with Crippen molar-refractivity contribution < 1.29 is 9.47 Å². The standard InChI is InChI=1S/C25H32N4O2/c1-8-9-19-14-21-17(4)26-24-23(22-15(2)12-20(31-7)13-16(22)3)18(5)27-29(24)25(21)28(19)10-11-30-6/h12-14H,8-11H2,1-7H3. The quantitative estimate of drug-likeness (QED) is 0.413. The lowest BCUT2D eigenvalue weighted by molar-refractivity contribution is 0.187. The fraction of sp³-hybridized carbons (Fsp3) is 0.440. The van der Waals surface area contributed by atoms with Gasteiger partial charge in [-0.25, -0.2) is 4.98 Å². The molecular weight excluding hydrogens is 388 g/mol. The molecule has 3 aromatic heterocycles. The van der Waals surface area contributed by atoms with Crippen molar-refractivity contribution >= 4 is 16.7 Å². The Morgan fingerprint density at radius 1 is 0.935 bits per heavy atom. The van der Waals surface area contributed by atoms with Crippen LogP contribution in [0.4, 0.5) is 0 Å². The molecule has 3 heterocycles. The van der Waals surface area contributed by atoms with Gasteiger partial charge in [-0.3, -0.25) is 0 Å². The van der Waals surface area contributed by atoms with Crippen molar-refractivity contribution in [2.24, 2.45) is 0 Å². The van der Waals surface area contributed by atoms with Crippen LogP contribution in [0.2, 0.25) is 0 Å². The highest BCUT2D eigenvalue weighted by Crippen LogP contribution is 2.37. The normalized spacial score (nSPS) is 11.7. The minimum atomic E-state index is 0.660. The lowest BCUT2D eigenvalue weighted by Crippen LogP contribution is -2.10. The van der Waals surface area contributed by atoms with E-state index in [1.165, 1.54) is 11.3 Å². The van der Waals surface area contributed by atoms with Gasteiger partial charge in [-0.05, 0) is 69.0 Å². The van der Waals surface area contributed by atoms with E-state index in [1.54, 1.807) is 14.2 Å². The first-order valence-electron chi connectivity index (χ1n) is 10.9. The van der Waals surface area contributed by atoms with Gasteiger partial charge in [0.05, 0.1) is 30.7 Å². The number of fused-ring (bicyclic) bond motifs is 3. The molecule has 0 unspecified atom stereocenters. The highest BCUT2D eigenvalue weighted by atomic mass is 16.5. The third-order valence-corrected chi connectivity index (χ3v) is 6.07. The first-order chi connectivity index (χ1) is 14.9. The van der Waals surface area contributed by atoms with Crippen LogP contribution in [0.3, 0.4) is 0 Å². The summed E-state index contributed by atoms with van der Waals surface area (Å²) in [6.07, 6.45) is 2.11. The maximum atomic E-state index is 5.47. The fourth-order valence-corrected chi connectivity index (χ4v) is 4.69. The Kier molecular flexibility index (Phi) is 5.75. The molecule has 164 valence electrons. The Morgan fingerprint density at radius 2 is 1.65 bits per heavy atom. The van der Waals surface area contributed by atoms with Crippen molar-refractivity contribution in [3.63, 3.8) is 0 Å². The van der Waals surface area contributed by atoms with Crippen LogP contribution in [-0.4, -0.2) is 40.0 Å². The van der Waals surface area contributed by atoms with Crippen LogP contribution in [0.25, 0.3) is 27.8 Å². The number of rotatable bonds is 7. The van der Waals surface area contributed by atoms with Crippen LogP contribution in [0.1, 0.15) is 41.6 Å². The van der Waals surface area contributed by atoms with Crippen molar-refractivity contribution in [3.05, 3.63) is 46.4 Å². The number of methoxy groups -OCH3 is 2. The smallest absolute Gasteiger partial charge is 0.165 e. The predicted octanol–water partition coefficient (Wildman–Crippen LogP) is 5.19. The van der Waals surface area contributed by atoms with Gasteiger partial charge in [0.1, 0.15) is 11.4 Å². The van der Waals surface area contributed by atoms with Gasteiger partial charge in [-0.15, -0.1) is 0 Å². The lowest BCUT2D eigenvalue weighted by atomic mass is 9.95. The molecule has 4 rings (SSSR count). The molecule has 0 spiro atoms. The highest BCUT2D eigenvalue weighted by Gasteiger charge is 2.22. The van der Waals surface area contributed by atoms with E-state index in [0.29, 0.717) is 6.61 Å². The molecule has 0 amide bonds. The molecule has 0 aliphatic rings. The summed E-state index contributed by atoms with van der Waals surface area (Å²) in [5.74, 6) is 0.872. The summed E-state index contributed by atoms with van der Waals surface area (Å²) in [5.41, 5.74) is 9.92. The van der Waals surface area contributed by atoms with Crippen molar-refractivity contribution in [2.45, 2.75) is 54.0 Å². The topological polar surface area (TPSA) is 53.6 Å². The highest BCUT2D eigenvalue weighted by molar-refractivity contribution is 5.90. The van der Waals surface area contributed by atoms with E-state index in [-0.39, 0.29) is 0 Å². The molecule has 31 heavy (non-hydrogen) atoms. The summed E-state index contributed by atoms with van der Waals surface area (Å²) in [7, 11) is 3.46. The fourth-order valence-electron chi connectivity index (χ4n) is 4.69. The van der Waals surface area contributed by atoms with Gasteiger partial charge in [-0.2, -0.15) is 9.61 Å². The van der Waals surface area contributed by atoms with Crippen LogP contribution in [0.5, 0.6) is 5.75 Å². The van der Waals surface area contributed by atoms with E-state index in [2.05, 4.69) is 57.4 Å². The molecule has 6 heteroatoms. The lowest BCUT2D eigenvalue weighted by Gasteiger charge is -2.13. The maximum absolute atomic E-state index is 5.47. The molecule has 0 bridgehead atoms. The molecular formula is C25H32N4O2. The first-order valence-corrected chi connectivity index (χ1v) is 10.9. The molecule has 0 saturated heterocycles. The van der Waals surface area contributed by atoms with Gasteiger partial charge in [0.2, 0.25) is 0 Å². The Bertz CT molecular complexity index is 1240. The number of ether oxygens (including phenoxy) is 2. The van der Waals surface area contributed by atoms with Crippen LogP contribution in [-0.2, 0) is 17.7 Å².